The van der Waals surface area contributed by atoms with Crippen molar-refractivity contribution in [2.75, 3.05) is 0 Å². The lowest BCUT2D eigenvalue weighted by Crippen LogP contribution is -2.41. The van der Waals surface area contributed by atoms with Crippen LogP contribution in [0.2, 0.25) is 0 Å². The predicted molar refractivity (Wildman–Crippen MR) is 42.5 cm³/mol. The predicted octanol–water partition coefficient (Wildman–Crippen LogP) is 3.14. The molecule has 0 saturated heterocycles. The van der Waals surface area contributed by atoms with Gasteiger partial charge in [0, 0.05) is 11.7 Å². The van der Waals surface area contributed by atoms with Gasteiger partial charge >= 0.3 is 6.30 Å². The van der Waals surface area contributed by atoms with Crippen LogP contribution in [0.5, 0.6) is 0 Å². The Morgan fingerprint density at radius 1 is 1.33 bits per heavy atom. The Kier molecular flexibility index (Phi) is 3.61. The minimum absolute atomic E-state index is 0.234. The summed E-state index contributed by atoms with van der Waals surface area (Å²) in [5.74, 6) is 0. The summed E-state index contributed by atoms with van der Waals surface area (Å²) in [6.45, 7) is 6.07. The molecular formula is C8H14F3N. The highest BCUT2D eigenvalue weighted by Gasteiger charge is 2.38. The second-order valence-corrected chi connectivity index (χ2v) is 2.86. The van der Waals surface area contributed by atoms with Crippen LogP contribution in [0.1, 0.15) is 27.7 Å². The summed E-state index contributed by atoms with van der Waals surface area (Å²) in [7, 11) is 0. The van der Waals surface area contributed by atoms with Gasteiger partial charge in [-0.15, -0.1) is 0 Å². The van der Waals surface area contributed by atoms with Crippen molar-refractivity contribution in [2.45, 2.75) is 40.0 Å². The van der Waals surface area contributed by atoms with E-state index in [-0.39, 0.29) is 5.70 Å². The Morgan fingerprint density at radius 3 is 1.83 bits per heavy atom. The molecular weight excluding hydrogens is 167 g/mol. The van der Waals surface area contributed by atoms with E-state index in [0.29, 0.717) is 4.90 Å². The maximum absolute atomic E-state index is 12.3. The van der Waals surface area contributed by atoms with Crippen molar-refractivity contribution >= 4 is 0 Å². The van der Waals surface area contributed by atoms with Gasteiger partial charge in [0.15, 0.2) is 0 Å². The highest BCUT2D eigenvalue weighted by molar-refractivity contribution is 4.97. The maximum atomic E-state index is 12.3. The fraction of sp³-hybridized carbons (Fsp3) is 0.750. The lowest BCUT2D eigenvalue weighted by molar-refractivity contribution is -0.241. The largest absolute Gasteiger partial charge is 0.484 e. The summed E-state index contributed by atoms with van der Waals surface area (Å²) in [6, 6.07) is -0.554. The number of hydrogen-bond acceptors (Lipinski definition) is 1. The van der Waals surface area contributed by atoms with Crippen LogP contribution in [0.25, 0.3) is 0 Å². The molecule has 0 spiro atoms. The van der Waals surface area contributed by atoms with Crippen LogP contribution in [-0.4, -0.2) is 17.2 Å². The zero-order chi connectivity index (χ0) is 9.94. The van der Waals surface area contributed by atoms with E-state index in [4.69, 9.17) is 0 Å². The average Bonchev–Trinajstić information content (AvgIpc) is 1.83. The van der Waals surface area contributed by atoms with Crippen LogP contribution in [0, 0.1) is 0 Å². The van der Waals surface area contributed by atoms with E-state index in [1.54, 1.807) is 6.92 Å². The molecule has 72 valence electrons. The molecule has 0 saturated carbocycles. The molecule has 0 radical (unpaired) electrons. The number of allylic oxidation sites excluding steroid dienone is 2. The van der Waals surface area contributed by atoms with Gasteiger partial charge in [0.05, 0.1) is 0 Å². The molecule has 4 heteroatoms. The molecule has 0 N–H and O–H groups in total. The first-order valence-electron chi connectivity index (χ1n) is 3.79. The molecule has 0 bridgehead atoms. The fourth-order valence-electron chi connectivity index (χ4n) is 1.04. The summed E-state index contributed by atoms with van der Waals surface area (Å²) in [5.41, 5.74) is 0.234. The fourth-order valence-corrected chi connectivity index (χ4v) is 1.04. The number of nitrogens with zero attached hydrogens (tertiary/aromatic N) is 1. The lowest BCUT2D eigenvalue weighted by atomic mass is 10.3. The van der Waals surface area contributed by atoms with Crippen LogP contribution in [0.4, 0.5) is 13.2 Å². The van der Waals surface area contributed by atoms with Gasteiger partial charge in [-0.2, -0.15) is 13.2 Å². The molecule has 0 atom stereocenters. The summed E-state index contributed by atoms with van der Waals surface area (Å²) in [5, 5.41) is 0. The summed E-state index contributed by atoms with van der Waals surface area (Å²) >= 11 is 0. The molecule has 12 heavy (non-hydrogen) atoms. The molecule has 0 fully saturated rings. The first-order chi connectivity index (χ1) is 5.30. The molecule has 0 rings (SSSR count). The monoisotopic (exact) mass is 181 g/mol. The van der Waals surface area contributed by atoms with E-state index in [1.165, 1.54) is 26.8 Å². The topological polar surface area (TPSA) is 3.24 Å². The average molecular weight is 181 g/mol. The minimum Gasteiger partial charge on any atom is -0.286 e. The van der Waals surface area contributed by atoms with Crippen LogP contribution >= 0.6 is 0 Å². The molecule has 0 aromatic heterocycles. The third-order valence-electron chi connectivity index (χ3n) is 1.59. The van der Waals surface area contributed by atoms with Gasteiger partial charge in [0.25, 0.3) is 0 Å². The second-order valence-electron chi connectivity index (χ2n) is 2.86. The SMILES string of the molecule is C/C=C(/C)N(C(C)C)C(F)(F)F. The number of halogens is 3. The van der Waals surface area contributed by atoms with Crippen LogP contribution in [0.15, 0.2) is 11.8 Å². The van der Waals surface area contributed by atoms with Crippen LogP contribution in [0.3, 0.4) is 0 Å². The van der Waals surface area contributed by atoms with Crippen molar-refractivity contribution in [3.63, 3.8) is 0 Å². The van der Waals surface area contributed by atoms with Gasteiger partial charge in [-0.1, -0.05) is 6.08 Å². The highest BCUT2D eigenvalue weighted by Crippen LogP contribution is 2.27. The number of alkyl halides is 3. The molecule has 0 aliphatic carbocycles. The lowest BCUT2D eigenvalue weighted by Gasteiger charge is -2.31. The number of rotatable bonds is 2. The molecule has 0 unspecified atom stereocenters. The Balaban J connectivity index is 4.69. The van der Waals surface area contributed by atoms with Gasteiger partial charge in [-0.05, 0) is 27.7 Å². The molecule has 0 aliphatic rings. The van der Waals surface area contributed by atoms with E-state index in [9.17, 15) is 13.2 Å². The van der Waals surface area contributed by atoms with E-state index in [1.807, 2.05) is 0 Å². The highest BCUT2D eigenvalue weighted by atomic mass is 19.4. The molecule has 0 aromatic rings. The third-order valence-corrected chi connectivity index (χ3v) is 1.59. The Hall–Kier alpha value is -0.670. The van der Waals surface area contributed by atoms with Gasteiger partial charge in [0.1, 0.15) is 0 Å². The summed E-state index contributed by atoms with van der Waals surface area (Å²) in [6.07, 6.45) is -2.82. The van der Waals surface area contributed by atoms with Gasteiger partial charge in [-0.3, -0.25) is 4.90 Å². The molecule has 0 aromatic carbocycles. The van der Waals surface area contributed by atoms with Crippen molar-refractivity contribution in [3.8, 4) is 0 Å². The van der Waals surface area contributed by atoms with E-state index < -0.39 is 12.3 Å². The first-order valence-corrected chi connectivity index (χ1v) is 3.79. The van der Waals surface area contributed by atoms with Crippen molar-refractivity contribution < 1.29 is 13.2 Å². The van der Waals surface area contributed by atoms with E-state index >= 15 is 0 Å². The zero-order valence-electron chi connectivity index (χ0n) is 7.74. The second kappa shape index (κ2) is 3.83. The standard InChI is InChI=1S/C8H14F3N/c1-5-7(4)12(6(2)3)8(9,10)11/h5-6H,1-4H3/b7-5-. The summed E-state index contributed by atoms with van der Waals surface area (Å²) in [4.78, 5) is 0.438. The molecule has 0 heterocycles. The normalized spacial score (nSPS) is 13.8. The Labute approximate surface area is 70.9 Å². The van der Waals surface area contributed by atoms with Gasteiger partial charge in [-0.25, -0.2) is 0 Å². The van der Waals surface area contributed by atoms with Crippen LogP contribution in [-0.2, 0) is 0 Å². The van der Waals surface area contributed by atoms with Crippen molar-refractivity contribution in [3.05, 3.63) is 11.8 Å². The quantitative estimate of drug-likeness (QED) is 0.591. The smallest absolute Gasteiger partial charge is 0.286 e. The molecule has 0 aliphatic heterocycles. The zero-order valence-corrected chi connectivity index (χ0v) is 7.74. The molecule has 0 amide bonds. The maximum Gasteiger partial charge on any atom is 0.484 e. The van der Waals surface area contributed by atoms with Crippen molar-refractivity contribution in [1.82, 2.24) is 4.90 Å². The third kappa shape index (κ3) is 2.75. The van der Waals surface area contributed by atoms with Crippen LogP contribution < -0.4 is 0 Å². The van der Waals surface area contributed by atoms with Gasteiger partial charge < -0.3 is 0 Å². The van der Waals surface area contributed by atoms with E-state index in [0.717, 1.165) is 0 Å². The number of hydrogen-bond donors (Lipinski definition) is 0. The van der Waals surface area contributed by atoms with E-state index in [2.05, 4.69) is 0 Å². The summed E-state index contributed by atoms with van der Waals surface area (Å²) < 4.78 is 36.9. The van der Waals surface area contributed by atoms with Gasteiger partial charge in [0.2, 0.25) is 0 Å². The van der Waals surface area contributed by atoms with Crippen molar-refractivity contribution in [1.29, 1.82) is 0 Å². The van der Waals surface area contributed by atoms with Crippen molar-refractivity contribution in [2.24, 2.45) is 0 Å². The first kappa shape index (κ1) is 11.3. The Bertz CT molecular complexity index is 170. The molecule has 1 nitrogen and oxygen atoms in total. The minimum atomic E-state index is -4.27. The Morgan fingerprint density at radius 2 is 1.75 bits per heavy atom.